The first kappa shape index (κ1) is 55.6. The number of hydrogen-bond donors (Lipinski definition) is 0. The summed E-state index contributed by atoms with van der Waals surface area (Å²) >= 11 is 0. The predicted molar refractivity (Wildman–Crippen MR) is 294 cm³/mol. The monoisotopic (exact) mass is 961 g/mol. The van der Waals surface area contributed by atoms with Crippen molar-refractivity contribution in [2.24, 2.45) is 0 Å². The zero-order valence-corrected chi connectivity index (χ0v) is 43.0. The average Bonchev–Trinajstić information content (AvgIpc) is 3.42. The van der Waals surface area contributed by atoms with Crippen LogP contribution in [0.4, 0.5) is 0 Å². The van der Waals surface area contributed by atoms with Crippen LogP contribution in [0.25, 0.3) is 0 Å². The van der Waals surface area contributed by atoms with E-state index in [1.165, 1.54) is 113 Å². The first-order chi connectivity index (χ1) is 35.1. The Morgan fingerprint density at radius 3 is 0.847 bits per heavy atom. The minimum absolute atomic E-state index is 0.157. The van der Waals surface area contributed by atoms with E-state index in [2.05, 4.69) is 68.7 Å². The fourth-order valence-electron chi connectivity index (χ4n) is 7.75. The van der Waals surface area contributed by atoms with E-state index in [0.29, 0.717) is 17.9 Å². The predicted octanol–water partition coefficient (Wildman–Crippen LogP) is 16.0. The second-order valence-corrected chi connectivity index (χ2v) is 18.4. The second-order valence-electron chi connectivity index (χ2n) is 18.4. The van der Waals surface area contributed by atoms with Crippen molar-refractivity contribution < 1.29 is 28.7 Å². The molecule has 0 N–H and O–H groups in total. The van der Waals surface area contributed by atoms with Gasteiger partial charge in [0.05, 0.1) is 13.2 Å². The Morgan fingerprint density at radius 1 is 0.306 bits per heavy atom. The van der Waals surface area contributed by atoms with Crippen molar-refractivity contribution in [1.82, 2.24) is 0 Å². The molecule has 0 aliphatic carbocycles. The maximum Gasteiger partial charge on any atom is 0.233 e. The van der Waals surface area contributed by atoms with Crippen LogP contribution in [0.15, 0.2) is 146 Å². The molecule has 0 aliphatic heterocycles. The summed E-state index contributed by atoms with van der Waals surface area (Å²) < 4.78 is 11.6. The second kappa shape index (κ2) is 31.8. The summed E-state index contributed by atoms with van der Waals surface area (Å²) in [6, 6.07) is 43.3. The molecule has 6 rings (SSSR count). The maximum absolute atomic E-state index is 12.7. The third kappa shape index (κ3) is 20.2. The number of carbonyl (C=O) groups is 4. The van der Waals surface area contributed by atoms with Crippen LogP contribution in [0.3, 0.4) is 0 Å². The van der Waals surface area contributed by atoms with Crippen molar-refractivity contribution >= 4 is 23.1 Å². The van der Waals surface area contributed by atoms with Gasteiger partial charge in [0.25, 0.3) is 0 Å². The molecule has 372 valence electrons. The number of benzene rings is 6. The molecule has 0 saturated heterocycles. The number of carbonyl (C=O) groups excluding carboxylic acids is 4. The van der Waals surface area contributed by atoms with Gasteiger partial charge in [-0.05, 0) is 112 Å². The highest BCUT2D eigenvalue weighted by molar-refractivity contribution is 6.50. The van der Waals surface area contributed by atoms with Gasteiger partial charge in [-0.3, -0.25) is 19.2 Å². The van der Waals surface area contributed by atoms with Crippen molar-refractivity contribution in [3.63, 3.8) is 0 Å². The van der Waals surface area contributed by atoms with Crippen LogP contribution in [-0.2, 0) is 0 Å². The molecule has 0 radical (unpaired) electrons. The van der Waals surface area contributed by atoms with E-state index in [-0.39, 0.29) is 16.7 Å². The molecular formula is C66H72O6. The number of ether oxygens (including phenoxy) is 2. The van der Waals surface area contributed by atoms with Gasteiger partial charge in [0.15, 0.2) is 0 Å². The summed E-state index contributed by atoms with van der Waals surface area (Å²) in [5.41, 5.74) is 7.12. The van der Waals surface area contributed by atoms with Gasteiger partial charge in [-0.25, -0.2) is 0 Å². The molecular weight excluding hydrogens is 889 g/mol. The van der Waals surface area contributed by atoms with E-state index < -0.39 is 23.1 Å². The standard InChI is InChI=1S/C33H36O5.C33H36O/c1-3-4-5-6-7-8-9-10-23-38-29-21-19-28(20-22-29)33(37)32(36)27-17-15-26(16-18-27)31(35)30(34)25-13-11-24(2)12-14-25;1-3-4-5-6-7-8-9-10-27-34-33-25-23-32(24-26-33)22-21-31-19-17-30(18-20-31)16-15-29-13-11-28(2)12-14-29/h11-22H,3-10,23H2,1-2H3;11-14,17-20,23-26H,3-10,27H2,1-2H3. The molecule has 0 spiro atoms. The zero-order chi connectivity index (χ0) is 51.2. The molecule has 0 heterocycles. The Balaban J connectivity index is 0.000000269. The van der Waals surface area contributed by atoms with Crippen LogP contribution in [0.2, 0.25) is 0 Å². The van der Waals surface area contributed by atoms with E-state index in [0.717, 1.165) is 59.4 Å². The van der Waals surface area contributed by atoms with Crippen molar-refractivity contribution in [1.29, 1.82) is 0 Å². The lowest BCUT2D eigenvalue weighted by atomic mass is 9.97. The minimum atomic E-state index is -0.679. The van der Waals surface area contributed by atoms with E-state index in [4.69, 9.17) is 9.47 Å². The largest absolute Gasteiger partial charge is 0.494 e. The van der Waals surface area contributed by atoms with Gasteiger partial charge >= 0.3 is 0 Å². The minimum Gasteiger partial charge on any atom is -0.494 e. The lowest BCUT2D eigenvalue weighted by Crippen LogP contribution is -2.16. The highest BCUT2D eigenvalue weighted by atomic mass is 16.5. The topological polar surface area (TPSA) is 86.7 Å². The van der Waals surface area contributed by atoms with E-state index in [1.807, 2.05) is 55.5 Å². The normalized spacial score (nSPS) is 10.4. The Bertz CT molecular complexity index is 2710. The van der Waals surface area contributed by atoms with Gasteiger partial charge in [0, 0.05) is 44.5 Å². The van der Waals surface area contributed by atoms with Gasteiger partial charge in [0.1, 0.15) is 11.5 Å². The lowest BCUT2D eigenvalue weighted by Gasteiger charge is -2.07. The summed E-state index contributed by atoms with van der Waals surface area (Å²) in [7, 11) is 0. The van der Waals surface area contributed by atoms with E-state index in [9.17, 15) is 19.2 Å². The van der Waals surface area contributed by atoms with Gasteiger partial charge in [-0.2, -0.15) is 0 Å². The van der Waals surface area contributed by atoms with Gasteiger partial charge in [-0.1, -0.05) is 199 Å². The zero-order valence-electron chi connectivity index (χ0n) is 43.0. The van der Waals surface area contributed by atoms with Gasteiger partial charge in [-0.15, -0.1) is 0 Å². The summed E-state index contributed by atoms with van der Waals surface area (Å²) in [6.45, 7) is 9.88. The lowest BCUT2D eigenvalue weighted by molar-refractivity contribution is 0.0814. The summed E-state index contributed by atoms with van der Waals surface area (Å²) in [5, 5.41) is 0. The number of hydrogen-bond acceptors (Lipinski definition) is 6. The third-order valence-corrected chi connectivity index (χ3v) is 12.3. The molecule has 0 bridgehead atoms. The van der Waals surface area contributed by atoms with Crippen LogP contribution >= 0.6 is 0 Å². The van der Waals surface area contributed by atoms with E-state index >= 15 is 0 Å². The average molecular weight is 961 g/mol. The van der Waals surface area contributed by atoms with Crippen LogP contribution < -0.4 is 9.47 Å². The molecule has 72 heavy (non-hydrogen) atoms. The molecule has 0 atom stereocenters. The Hall–Kier alpha value is -7.28. The number of ketones is 4. The van der Waals surface area contributed by atoms with Crippen LogP contribution in [-0.4, -0.2) is 36.3 Å². The first-order valence-electron chi connectivity index (χ1n) is 26.1. The SMILES string of the molecule is CCCCCCCCCCOc1ccc(C#Cc2ccc(C#Cc3ccc(C)cc3)cc2)cc1.CCCCCCCCCCOc1ccc(C(=O)C(=O)c2ccc(C(=O)C(=O)c3ccc(C)cc3)cc2)cc1. The highest BCUT2D eigenvalue weighted by Crippen LogP contribution is 2.18. The highest BCUT2D eigenvalue weighted by Gasteiger charge is 2.21. The molecule has 6 nitrogen and oxygen atoms in total. The number of Topliss-reactive ketones (excluding diaryl/α,β-unsaturated/α-hetero) is 4. The molecule has 0 saturated carbocycles. The van der Waals surface area contributed by atoms with Crippen molar-refractivity contribution in [2.45, 2.75) is 130 Å². The third-order valence-electron chi connectivity index (χ3n) is 12.3. The molecule has 0 unspecified atom stereocenters. The Morgan fingerprint density at radius 2 is 0.528 bits per heavy atom. The fraction of sp³-hybridized carbons (Fsp3) is 0.333. The van der Waals surface area contributed by atoms with Crippen molar-refractivity contribution in [3.8, 4) is 35.2 Å². The molecule has 0 aromatic heterocycles. The van der Waals surface area contributed by atoms with Crippen LogP contribution in [0.5, 0.6) is 11.5 Å². The first-order valence-corrected chi connectivity index (χ1v) is 26.1. The molecule has 0 aliphatic rings. The summed E-state index contributed by atoms with van der Waals surface area (Å²) in [6.07, 6.45) is 20.3. The molecule has 6 aromatic carbocycles. The van der Waals surface area contributed by atoms with Gasteiger partial charge in [0.2, 0.25) is 23.1 Å². The number of unbranched alkanes of at least 4 members (excludes halogenated alkanes) is 14. The Kier molecular flexibility index (Phi) is 24.6. The Labute approximate surface area is 430 Å². The van der Waals surface area contributed by atoms with E-state index in [1.54, 1.807) is 48.5 Å². The number of rotatable bonds is 26. The fourth-order valence-corrected chi connectivity index (χ4v) is 7.75. The van der Waals surface area contributed by atoms with Crippen LogP contribution in [0.1, 0.15) is 191 Å². The maximum atomic E-state index is 12.7. The molecule has 6 heteroatoms. The quantitative estimate of drug-likeness (QED) is 0.0233. The summed E-state index contributed by atoms with van der Waals surface area (Å²) in [5.74, 6) is 11.9. The summed E-state index contributed by atoms with van der Waals surface area (Å²) in [4.78, 5) is 50.5. The smallest absolute Gasteiger partial charge is 0.233 e. The molecule has 0 amide bonds. The molecule has 6 aromatic rings. The van der Waals surface area contributed by atoms with Crippen molar-refractivity contribution in [3.05, 3.63) is 201 Å². The van der Waals surface area contributed by atoms with Gasteiger partial charge < -0.3 is 9.47 Å². The molecule has 0 fully saturated rings. The number of aryl methyl sites for hydroxylation is 2. The van der Waals surface area contributed by atoms with Crippen molar-refractivity contribution in [2.75, 3.05) is 13.2 Å². The van der Waals surface area contributed by atoms with Crippen LogP contribution in [0, 0.1) is 37.5 Å².